The topological polar surface area (TPSA) is 53.0 Å². The maximum absolute atomic E-state index is 12.1. The van der Waals surface area contributed by atoms with Crippen molar-refractivity contribution >= 4 is 5.97 Å². The Bertz CT molecular complexity index is 755. The fourth-order valence-electron chi connectivity index (χ4n) is 3.73. The molecule has 1 unspecified atom stereocenters. The Morgan fingerprint density at radius 3 is 2.44 bits per heavy atom. The summed E-state index contributed by atoms with van der Waals surface area (Å²) in [5.41, 5.74) is 3.12. The van der Waals surface area contributed by atoms with E-state index in [-0.39, 0.29) is 0 Å². The molecule has 27 heavy (non-hydrogen) atoms. The number of aliphatic carboxylic acids is 1. The molecule has 2 aromatic rings. The molecule has 1 N–H and O–H groups in total. The normalized spacial score (nSPS) is 16.8. The van der Waals surface area contributed by atoms with Crippen LogP contribution < -0.4 is 4.74 Å². The number of aryl methyl sites for hydroxylation is 1. The van der Waals surface area contributed by atoms with Crippen molar-refractivity contribution in [2.45, 2.75) is 19.4 Å². The molecule has 0 saturated carbocycles. The van der Waals surface area contributed by atoms with E-state index in [9.17, 15) is 9.90 Å². The van der Waals surface area contributed by atoms with E-state index in [0.717, 1.165) is 50.3 Å². The number of piperazine rings is 1. The zero-order valence-electron chi connectivity index (χ0n) is 16.1. The summed E-state index contributed by atoms with van der Waals surface area (Å²) in [5.74, 6) is -0.184. The number of carboxylic acids is 1. The molecule has 1 aliphatic rings. The van der Waals surface area contributed by atoms with Crippen molar-refractivity contribution in [3.05, 3.63) is 65.2 Å². The van der Waals surface area contributed by atoms with Crippen molar-refractivity contribution in [1.82, 2.24) is 9.80 Å². The molecule has 0 spiro atoms. The van der Waals surface area contributed by atoms with Crippen LogP contribution in [0.2, 0.25) is 0 Å². The van der Waals surface area contributed by atoms with Crippen LogP contribution in [0.3, 0.4) is 0 Å². The van der Waals surface area contributed by atoms with Gasteiger partial charge in [-0.1, -0.05) is 48.0 Å². The van der Waals surface area contributed by atoms with Gasteiger partial charge in [-0.2, -0.15) is 0 Å². The molecule has 0 aliphatic carbocycles. The maximum atomic E-state index is 12.1. The van der Waals surface area contributed by atoms with E-state index < -0.39 is 12.0 Å². The van der Waals surface area contributed by atoms with Crippen molar-refractivity contribution in [3.63, 3.8) is 0 Å². The molecule has 0 bridgehead atoms. The van der Waals surface area contributed by atoms with Crippen LogP contribution in [-0.4, -0.2) is 60.7 Å². The minimum Gasteiger partial charge on any atom is -0.496 e. The molecule has 1 fully saturated rings. The van der Waals surface area contributed by atoms with Gasteiger partial charge >= 0.3 is 5.97 Å². The van der Waals surface area contributed by atoms with E-state index in [1.54, 1.807) is 7.11 Å². The fourth-order valence-corrected chi connectivity index (χ4v) is 3.73. The van der Waals surface area contributed by atoms with Gasteiger partial charge in [-0.25, -0.2) is 0 Å². The number of rotatable bonds is 7. The number of hydrogen-bond acceptors (Lipinski definition) is 4. The van der Waals surface area contributed by atoms with E-state index in [2.05, 4.69) is 34.1 Å². The lowest BCUT2D eigenvalue weighted by molar-refractivity contribution is -0.144. The van der Waals surface area contributed by atoms with Gasteiger partial charge in [-0.15, -0.1) is 0 Å². The molecule has 5 heteroatoms. The molecular formula is C22H28N2O3. The third kappa shape index (κ3) is 4.87. The summed E-state index contributed by atoms with van der Waals surface area (Å²) in [7, 11) is 1.59. The monoisotopic (exact) mass is 368 g/mol. The molecule has 1 aliphatic heterocycles. The Hall–Kier alpha value is -2.37. The third-order valence-electron chi connectivity index (χ3n) is 5.25. The van der Waals surface area contributed by atoms with Crippen molar-refractivity contribution in [1.29, 1.82) is 0 Å². The highest BCUT2D eigenvalue weighted by Crippen LogP contribution is 2.31. The van der Waals surface area contributed by atoms with Gasteiger partial charge in [-0.05, 0) is 25.0 Å². The summed E-state index contributed by atoms with van der Waals surface area (Å²) in [6.45, 7) is 6.22. The summed E-state index contributed by atoms with van der Waals surface area (Å²) in [5, 5.41) is 9.90. The highest BCUT2D eigenvalue weighted by atomic mass is 16.5. The smallest absolute Gasteiger partial charge is 0.325 e. The lowest BCUT2D eigenvalue weighted by atomic mass is 10.0. The van der Waals surface area contributed by atoms with Crippen LogP contribution in [0.1, 0.15) is 22.7 Å². The van der Waals surface area contributed by atoms with Gasteiger partial charge in [0.2, 0.25) is 0 Å². The Kier molecular flexibility index (Phi) is 6.48. The first-order valence-electron chi connectivity index (χ1n) is 9.46. The highest BCUT2D eigenvalue weighted by Gasteiger charge is 2.32. The number of methoxy groups -OCH3 is 1. The predicted octanol–water partition coefficient (Wildman–Crippen LogP) is 2.99. The average molecular weight is 368 g/mol. The Balaban J connectivity index is 1.64. The van der Waals surface area contributed by atoms with E-state index in [0.29, 0.717) is 5.75 Å². The van der Waals surface area contributed by atoms with Crippen molar-refractivity contribution in [2.24, 2.45) is 0 Å². The summed E-state index contributed by atoms with van der Waals surface area (Å²) in [4.78, 5) is 16.5. The first-order chi connectivity index (χ1) is 13.1. The molecule has 3 rings (SSSR count). The molecule has 0 amide bonds. The SMILES string of the molecule is COc1ccc(C)cc1C(C(=O)O)N1CCN(CCc2ccccc2)CC1. The summed E-state index contributed by atoms with van der Waals surface area (Å²) >= 11 is 0. The first-order valence-corrected chi connectivity index (χ1v) is 9.46. The Labute approximate surface area is 161 Å². The molecule has 0 radical (unpaired) electrons. The minimum atomic E-state index is -0.823. The number of carboxylic acid groups (broad SMARTS) is 1. The van der Waals surface area contributed by atoms with E-state index >= 15 is 0 Å². The molecular weight excluding hydrogens is 340 g/mol. The van der Waals surface area contributed by atoms with Gasteiger partial charge in [0.15, 0.2) is 0 Å². The van der Waals surface area contributed by atoms with Crippen LogP contribution >= 0.6 is 0 Å². The molecule has 1 heterocycles. The van der Waals surface area contributed by atoms with Crippen LogP contribution in [-0.2, 0) is 11.2 Å². The molecule has 1 atom stereocenters. The quantitative estimate of drug-likeness (QED) is 0.814. The highest BCUT2D eigenvalue weighted by molar-refractivity contribution is 5.77. The Morgan fingerprint density at radius 2 is 1.81 bits per heavy atom. The third-order valence-corrected chi connectivity index (χ3v) is 5.25. The second-order valence-electron chi connectivity index (χ2n) is 7.10. The van der Waals surface area contributed by atoms with Gasteiger partial charge in [0.25, 0.3) is 0 Å². The maximum Gasteiger partial charge on any atom is 0.325 e. The zero-order valence-corrected chi connectivity index (χ0v) is 16.1. The second kappa shape index (κ2) is 9.02. The summed E-state index contributed by atoms with van der Waals surface area (Å²) in [6, 6.07) is 15.5. The number of carbonyl (C=O) groups is 1. The zero-order chi connectivity index (χ0) is 19.2. The number of benzene rings is 2. The van der Waals surface area contributed by atoms with Crippen LogP contribution in [0.25, 0.3) is 0 Å². The number of nitrogens with zero attached hydrogens (tertiary/aromatic N) is 2. The van der Waals surface area contributed by atoms with Gasteiger partial charge in [0, 0.05) is 38.3 Å². The van der Waals surface area contributed by atoms with Crippen molar-refractivity contribution in [2.75, 3.05) is 39.8 Å². The fraction of sp³-hybridized carbons (Fsp3) is 0.409. The predicted molar refractivity (Wildman–Crippen MR) is 106 cm³/mol. The standard InChI is InChI=1S/C22H28N2O3/c1-17-8-9-20(27-2)19(16-17)21(22(25)26)24-14-12-23(13-15-24)11-10-18-6-4-3-5-7-18/h3-9,16,21H,10-15H2,1-2H3,(H,25,26). The molecule has 5 nitrogen and oxygen atoms in total. The summed E-state index contributed by atoms with van der Waals surface area (Å²) < 4.78 is 5.43. The van der Waals surface area contributed by atoms with E-state index in [1.807, 2.05) is 31.2 Å². The number of hydrogen-bond donors (Lipinski definition) is 1. The average Bonchev–Trinajstić information content (AvgIpc) is 2.68. The van der Waals surface area contributed by atoms with Gasteiger partial charge in [-0.3, -0.25) is 9.69 Å². The largest absolute Gasteiger partial charge is 0.496 e. The van der Waals surface area contributed by atoms with Crippen LogP contribution in [0.4, 0.5) is 0 Å². The number of ether oxygens (including phenoxy) is 1. The van der Waals surface area contributed by atoms with Crippen LogP contribution in [0.15, 0.2) is 48.5 Å². The van der Waals surface area contributed by atoms with Gasteiger partial charge in [0.05, 0.1) is 7.11 Å². The Morgan fingerprint density at radius 1 is 1.11 bits per heavy atom. The second-order valence-corrected chi connectivity index (χ2v) is 7.10. The summed E-state index contributed by atoms with van der Waals surface area (Å²) in [6.07, 6.45) is 1.02. The van der Waals surface area contributed by atoms with Gasteiger partial charge in [0.1, 0.15) is 11.8 Å². The van der Waals surface area contributed by atoms with E-state index in [1.165, 1.54) is 5.56 Å². The molecule has 1 saturated heterocycles. The minimum absolute atomic E-state index is 0.638. The first kappa shape index (κ1) is 19.4. The lowest BCUT2D eigenvalue weighted by Crippen LogP contribution is -2.49. The molecule has 2 aromatic carbocycles. The van der Waals surface area contributed by atoms with Gasteiger partial charge < -0.3 is 14.7 Å². The molecule has 0 aromatic heterocycles. The van der Waals surface area contributed by atoms with Crippen molar-refractivity contribution < 1.29 is 14.6 Å². The van der Waals surface area contributed by atoms with E-state index in [4.69, 9.17) is 4.74 Å². The van der Waals surface area contributed by atoms with Crippen LogP contribution in [0, 0.1) is 6.92 Å². The van der Waals surface area contributed by atoms with Crippen LogP contribution in [0.5, 0.6) is 5.75 Å². The van der Waals surface area contributed by atoms with Crippen molar-refractivity contribution in [3.8, 4) is 5.75 Å². The lowest BCUT2D eigenvalue weighted by Gasteiger charge is -2.38. The molecule has 144 valence electrons.